The second-order valence-electron chi connectivity index (χ2n) is 5.72. The van der Waals surface area contributed by atoms with Crippen LogP contribution in [0.3, 0.4) is 0 Å². The minimum Gasteiger partial charge on any atom is -0.258 e. The van der Waals surface area contributed by atoms with Gasteiger partial charge in [-0.15, -0.1) is 5.10 Å². The average molecular weight is 469 g/mol. The number of halogens is 1. The highest BCUT2D eigenvalue weighted by molar-refractivity contribution is 14.1. The third kappa shape index (κ3) is 3.31. The highest BCUT2D eigenvalue weighted by atomic mass is 127. The van der Waals surface area contributed by atoms with Gasteiger partial charge in [0, 0.05) is 21.3 Å². The Morgan fingerprint density at radius 1 is 0.889 bits per heavy atom. The van der Waals surface area contributed by atoms with Crippen molar-refractivity contribution in [3.8, 4) is 28.2 Å². The number of tetrazole rings is 1. The lowest BCUT2D eigenvalue weighted by molar-refractivity contribution is -0.384. The fraction of sp³-hybridized carbons (Fsp3) is 0. The van der Waals surface area contributed by atoms with Crippen molar-refractivity contribution in [3.63, 3.8) is 0 Å². The molecule has 0 unspecified atom stereocenters. The molecule has 27 heavy (non-hydrogen) atoms. The molecule has 0 amide bonds. The summed E-state index contributed by atoms with van der Waals surface area (Å²) in [6.07, 6.45) is 0. The van der Waals surface area contributed by atoms with Crippen LogP contribution in [0.1, 0.15) is 0 Å². The molecule has 0 aliphatic heterocycles. The zero-order valence-corrected chi connectivity index (χ0v) is 16.0. The molecule has 0 fully saturated rings. The van der Waals surface area contributed by atoms with E-state index in [0.29, 0.717) is 5.82 Å². The topological polar surface area (TPSA) is 86.7 Å². The van der Waals surface area contributed by atoms with Crippen LogP contribution in [-0.4, -0.2) is 25.1 Å². The smallest absolute Gasteiger partial charge is 0.258 e. The van der Waals surface area contributed by atoms with E-state index in [1.165, 1.54) is 12.1 Å². The monoisotopic (exact) mass is 469 g/mol. The van der Waals surface area contributed by atoms with Gasteiger partial charge in [-0.1, -0.05) is 42.5 Å². The molecule has 7 nitrogen and oxygen atoms in total. The van der Waals surface area contributed by atoms with Gasteiger partial charge in [0.25, 0.3) is 5.69 Å². The van der Waals surface area contributed by atoms with Crippen LogP contribution in [0, 0.1) is 13.7 Å². The molecule has 0 saturated carbocycles. The number of benzene rings is 3. The van der Waals surface area contributed by atoms with E-state index in [4.69, 9.17) is 0 Å². The number of nitro benzene ring substituents is 1. The Bertz CT molecular complexity index is 1110. The van der Waals surface area contributed by atoms with E-state index in [2.05, 4.69) is 38.1 Å². The summed E-state index contributed by atoms with van der Waals surface area (Å²) in [5, 5.41) is 23.0. The number of aromatic nitrogens is 4. The Balaban J connectivity index is 1.80. The standard InChI is InChI=1S/C19H12IN5O2/c20-18-16(13-9-11-15(12-10-13)25(26)27)7-4-8-17(18)24-19(21-22-23-24)14-5-2-1-3-6-14/h1-12H. The van der Waals surface area contributed by atoms with Crippen molar-refractivity contribution in [2.24, 2.45) is 0 Å². The quantitative estimate of drug-likeness (QED) is 0.250. The maximum Gasteiger partial charge on any atom is 0.269 e. The summed E-state index contributed by atoms with van der Waals surface area (Å²) in [4.78, 5) is 10.5. The fourth-order valence-electron chi connectivity index (χ4n) is 2.79. The number of non-ortho nitro benzene ring substituents is 1. The van der Waals surface area contributed by atoms with Crippen LogP contribution >= 0.6 is 22.6 Å². The van der Waals surface area contributed by atoms with E-state index in [0.717, 1.165) is 25.9 Å². The van der Waals surface area contributed by atoms with E-state index in [9.17, 15) is 10.1 Å². The molecule has 8 heteroatoms. The minimum atomic E-state index is -0.404. The van der Waals surface area contributed by atoms with Gasteiger partial charge in [0.1, 0.15) is 0 Å². The number of hydrogen-bond acceptors (Lipinski definition) is 5. The molecule has 0 aliphatic rings. The lowest BCUT2D eigenvalue weighted by Gasteiger charge is -2.11. The SMILES string of the molecule is O=[N+]([O-])c1ccc(-c2cccc(-n3nnnc3-c3ccccc3)c2I)cc1. The summed E-state index contributed by atoms with van der Waals surface area (Å²) in [6.45, 7) is 0. The molecule has 0 atom stereocenters. The molecule has 0 N–H and O–H groups in total. The first-order valence-corrected chi connectivity index (χ1v) is 9.10. The van der Waals surface area contributed by atoms with Crippen molar-refractivity contribution in [1.82, 2.24) is 20.2 Å². The summed E-state index contributed by atoms with van der Waals surface area (Å²) < 4.78 is 2.65. The van der Waals surface area contributed by atoms with Crippen molar-refractivity contribution in [1.29, 1.82) is 0 Å². The molecular formula is C19H12IN5O2. The molecule has 3 aromatic carbocycles. The number of rotatable bonds is 4. The van der Waals surface area contributed by atoms with Gasteiger partial charge in [0.05, 0.1) is 10.6 Å². The van der Waals surface area contributed by atoms with Gasteiger partial charge >= 0.3 is 0 Å². The van der Waals surface area contributed by atoms with E-state index in [-0.39, 0.29) is 5.69 Å². The van der Waals surface area contributed by atoms with Crippen molar-refractivity contribution < 1.29 is 4.92 Å². The largest absolute Gasteiger partial charge is 0.269 e. The fourth-order valence-corrected chi connectivity index (χ4v) is 3.69. The Kier molecular flexibility index (Phi) is 4.63. The number of nitrogens with zero attached hydrogens (tertiary/aromatic N) is 5. The normalized spacial score (nSPS) is 10.7. The van der Waals surface area contributed by atoms with Crippen LogP contribution in [0.25, 0.3) is 28.2 Å². The van der Waals surface area contributed by atoms with E-state index >= 15 is 0 Å². The second-order valence-corrected chi connectivity index (χ2v) is 6.80. The first-order chi connectivity index (χ1) is 13.1. The highest BCUT2D eigenvalue weighted by Crippen LogP contribution is 2.32. The van der Waals surface area contributed by atoms with Gasteiger partial charge in [0.2, 0.25) is 0 Å². The van der Waals surface area contributed by atoms with Crippen LogP contribution in [-0.2, 0) is 0 Å². The summed E-state index contributed by atoms with van der Waals surface area (Å²) in [7, 11) is 0. The maximum absolute atomic E-state index is 10.9. The van der Waals surface area contributed by atoms with Crippen LogP contribution in [0.5, 0.6) is 0 Å². The second kappa shape index (κ2) is 7.23. The van der Waals surface area contributed by atoms with Gasteiger partial charge in [-0.25, -0.2) is 0 Å². The maximum atomic E-state index is 10.9. The lowest BCUT2D eigenvalue weighted by Crippen LogP contribution is -2.03. The Morgan fingerprint density at radius 2 is 1.63 bits per heavy atom. The van der Waals surface area contributed by atoms with Crippen LogP contribution in [0.15, 0.2) is 72.8 Å². The van der Waals surface area contributed by atoms with Gasteiger partial charge in [-0.3, -0.25) is 10.1 Å². The molecule has 0 spiro atoms. The van der Waals surface area contributed by atoms with Gasteiger partial charge in [0.15, 0.2) is 5.82 Å². The molecule has 4 rings (SSSR count). The molecular weight excluding hydrogens is 457 g/mol. The van der Waals surface area contributed by atoms with Crippen molar-refractivity contribution >= 4 is 28.3 Å². The first-order valence-electron chi connectivity index (χ1n) is 8.02. The van der Waals surface area contributed by atoms with Gasteiger partial charge in [-0.05, 0) is 62.3 Å². The predicted octanol–water partition coefficient (Wildman–Crippen LogP) is 4.51. The molecule has 0 aliphatic carbocycles. The lowest BCUT2D eigenvalue weighted by atomic mass is 10.0. The Hall–Kier alpha value is -3.14. The van der Waals surface area contributed by atoms with Crippen molar-refractivity contribution in [2.75, 3.05) is 0 Å². The molecule has 1 aromatic heterocycles. The molecule has 0 radical (unpaired) electrons. The third-order valence-corrected chi connectivity index (χ3v) is 5.23. The van der Waals surface area contributed by atoms with Crippen molar-refractivity contribution in [3.05, 3.63) is 86.5 Å². The van der Waals surface area contributed by atoms with E-state index in [1.807, 2.05) is 48.5 Å². The van der Waals surface area contributed by atoms with E-state index < -0.39 is 4.92 Å². The van der Waals surface area contributed by atoms with Crippen LogP contribution in [0.2, 0.25) is 0 Å². The Morgan fingerprint density at radius 3 is 2.33 bits per heavy atom. The molecule has 0 bridgehead atoms. The van der Waals surface area contributed by atoms with Gasteiger partial charge in [-0.2, -0.15) is 4.68 Å². The van der Waals surface area contributed by atoms with Gasteiger partial charge < -0.3 is 0 Å². The molecule has 4 aromatic rings. The number of nitro groups is 1. The average Bonchev–Trinajstić information content (AvgIpc) is 3.18. The summed E-state index contributed by atoms with van der Waals surface area (Å²) in [6, 6.07) is 22.1. The summed E-state index contributed by atoms with van der Waals surface area (Å²) in [5.74, 6) is 0.648. The van der Waals surface area contributed by atoms with Crippen LogP contribution in [0.4, 0.5) is 5.69 Å². The third-order valence-electron chi connectivity index (χ3n) is 4.10. The zero-order valence-electron chi connectivity index (χ0n) is 13.9. The van der Waals surface area contributed by atoms with Crippen LogP contribution < -0.4 is 0 Å². The summed E-state index contributed by atoms with van der Waals surface area (Å²) >= 11 is 2.25. The molecule has 0 saturated heterocycles. The highest BCUT2D eigenvalue weighted by Gasteiger charge is 2.16. The molecule has 1 heterocycles. The minimum absolute atomic E-state index is 0.0664. The number of hydrogen-bond donors (Lipinski definition) is 0. The predicted molar refractivity (Wildman–Crippen MR) is 109 cm³/mol. The zero-order chi connectivity index (χ0) is 18.8. The summed E-state index contributed by atoms with van der Waals surface area (Å²) in [5.41, 5.74) is 3.67. The van der Waals surface area contributed by atoms with E-state index in [1.54, 1.807) is 16.8 Å². The first kappa shape index (κ1) is 17.3. The molecule has 132 valence electrons. The van der Waals surface area contributed by atoms with Crippen molar-refractivity contribution in [2.45, 2.75) is 0 Å². The Labute approximate surface area is 168 Å².